The molecule has 2 aliphatic rings. The second kappa shape index (κ2) is 6.35. The minimum atomic E-state index is -0.776. The average Bonchev–Trinajstić information content (AvgIpc) is 3.15. The Morgan fingerprint density at radius 2 is 2.10 bits per heavy atom. The van der Waals surface area contributed by atoms with Gasteiger partial charge < -0.3 is 10.4 Å². The SMILES string of the molecule is CC(CCNC1CC(=O)N(C2CC2)C1=O)CCC(=O)O. The van der Waals surface area contributed by atoms with Crippen LogP contribution in [0.15, 0.2) is 0 Å². The topological polar surface area (TPSA) is 86.7 Å². The summed E-state index contributed by atoms with van der Waals surface area (Å²) < 4.78 is 0. The van der Waals surface area contributed by atoms with E-state index in [1.165, 1.54) is 4.90 Å². The van der Waals surface area contributed by atoms with Crippen LogP contribution in [-0.2, 0) is 14.4 Å². The highest BCUT2D eigenvalue weighted by Gasteiger charge is 2.45. The smallest absolute Gasteiger partial charge is 0.303 e. The Bertz CT molecular complexity index is 406. The maximum absolute atomic E-state index is 12.1. The Kier molecular flexibility index (Phi) is 4.75. The van der Waals surface area contributed by atoms with Crippen molar-refractivity contribution in [3.8, 4) is 0 Å². The molecule has 2 rings (SSSR count). The molecule has 112 valence electrons. The van der Waals surface area contributed by atoms with Gasteiger partial charge >= 0.3 is 5.97 Å². The van der Waals surface area contributed by atoms with Gasteiger partial charge in [0.2, 0.25) is 11.8 Å². The van der Waals surface area contributed by atoms with Gasteiger partial charge in [-0.25, -0.2) is 0 Å². The summed E-state index contributed by atoms with van der Waals surface area (Å²) in [4.78, 5) is 35.7. The lowest BCUT2D eigenvalue weighted by atomic mass is 10.0. The van der Waals surface area contributed by atoms with Crippen molar-refractivity contribution in [2.24, 2.45) is 5.92 Å². The molecule has 2 N–H and O–H groups in total. The molecule has 1 heterocycles. The fourth-order valence-corrected chi connectivity index (χ4v) is 2.55. The number of carboxylic acids is 1. The van der Waals surface area contributed by atoms with Crippen LogP contribution in [0.4, 0.5) is 0 Å². The molecule has 1 saturated heterocycles. The molecule has 0 aromatic rings. The zero-order valence-corrected chi connectivity index (χ0v) is 11.8. The number of imide groups is 1. The van der Waals surface area contributed by atoms with Crippen LogP contribution in [0.3, 0.4) is 0 Å². The molecule has 0 aromatic carbocycles. The third kappa shape index (κ3) is 3.79. The summed E-state index contributed by atoms with van der Waals surface area (Å²) in [6, 6.07) is -0.230. The number of aliphatic carboxylic acids is 1. The number of amides is 2. The first-order valence-corrected chi connectivity index (χ1v) is 7.30. The molecule has 2 amide bonds. The first-order chi connectivity index (χ1) is 9.49. The summed E-state index contributed by atoms with van der Waals surface area (Å²) >= 11 is 0. The summed E-state index contributed by atoms with van der Waals surface area (Å²) in [5.41, 5.74) is 0. The molecule has 20 heavy (non-hydrogen) atoms. The second-order valence-electron chi connectivity index (χ2n) is 5.87. The summed E-state index contributed by atoms with van der Waals surface area (Å²) in [5.74, 6) is -0.628. The van der Waals surface area contributed by atoms with Crippen molar-refractivity contribution >= 4 is 17.8 Å². The Balaban J connectivity index is 1.68. The molecule has 0 radical (unpaired) electrons. The van der Waals surface area contributed by atoms with Crippen LogP contribution in [0, 0.1) is 5.92 Å². The van der Waals surface area contributed by atoms with Gasteiger partial charge in [0.15, 0.2) is 0 Å². The van der Waals surface area contributed by atoms with Gasteiger partial charge in [0.05, 0.1) is 12.5 Å². The van der Waals surface area contributed by atoms with E-state index in [2.05, 4.69) is 5.32 Å². The van der Waals surface area contributed by atoms with Crippen LogP contribution in [0.25, 0.3) is 0 Å². The molecule has 2 unspecified atom stereocenters. The first kappa shape index (κ1) is 15.0. The van der Waals surface area contributed by atoms with E-state index in [9.17, 15) is 14.4 Å². The Hall–Kier alpha value is -1.43. The lowest BCUT2D eigenvalue weighted by molar-refractivity contribution is -0.140. The zero-order valence-electron chi connectivity index (χ0n) is 11.8. The van der Waals surface area contributed by atoms with Crippen molar-refractivity contribution in [2.45, 2.75) is 57.5 Å². The highest BCUT2D eigenvalue weighted by Crippen LogP contribution is 2.31. The molecular weight excluding hydrogens is 260 g/mol. The molecule has 1 aliphatic carbocycles. The van der Waals surface area contributed by atoms with Gasteiger partial charge in [-0.2, -0.15) is 0 Å². The van der Waals surface area contributed by atoms with Gasteiger partial charge in [-0.15, -0.1) is 0 Å². The molecule has 0 aromatic heterocycles. The van der Waals surface area contributed by atoms with Gasteiger partial charge in [-0.05, 0) is 38.1 Å². The quantitative estimate of drug-likeness (QED) is 0.642. The number of nitrogens with one attached hydrogen (secondary N) is 1. The standard InChI is InChI=1S/C14H22N2O4/c1-9(2-5-13(18)19)6-7-15-11-8-12(17)16(14(11)20)10-3-4-10/h9-11,15H,2-8H2,1H3,(H,18,19). The largest absolute Gasteiger partial charge is 0.481 e. The van der Waals surface area contributed by atoms with Crippen molar-refractivity contribution < 1.29 is 19.5 Å². The number of nitrogens with zero attached hydrogens (tertiary/aromatic N) is 1. The normalized spacial score (nSPS) is 24.2. The van der Waals surface area contributed by atoms with E-state index in [1.54, 1.807) is 0 Å². The number of hydrogen-bond acceptors (Lipinski definition) is 4. The van der Waals surface area contributed by atoms with Gasteiger partial charge in [-0.1, -0.05) is 6.92 Å². The van der Waals surface area contributed by atoms with Crippen molar-refractivity contribution in [3.05, 3.63) is 0 Å². The van der Waals surface area contributed by atoms with E-state index in [-0.39, 0.29) is 36.7 Å². The number of hydrogen-bond donors (Lipinski definition) is 2. The van der Waals surface area contributed by atoms with Crippen molar-refractivity contribution in [1.29, 1.82) is 0 Å². The average molecular weight is 282 g/mol. The fraction of sp³-hybridized carbons (Fsp3) is 0.786. The second-order valence-corrected chi connectivity index (χ2v) is 5.87. The number of rotatable bonds is 8. The Morgan fingerprint density at radius 1 is 1.40 bits per heavy atom. The molecule has 6 nitrogen and oxygen atoms in total. The van der Waals surface area contributed by atoms with Gasteiger partial charge in [-0.3, -0.25) is 19.3 Å². The van der Waals surface area contributed by atoms with Crippen LogP contribution < -0.4 is 5.32 Å². The molecule has 6 heteroatoms. The first-order valence-electron chi connectivity index (χ1n) is 7.30. The van der Waals surface area contributed by atoms with E-state index in [1.807, 2.05) is 6.92 Å². The monoisotopic (exact) mass is 282 g/mol. The summed E-state index contributed by atoms with van der Waals surface area (Å²) in [5, 5.41) is 11.7. The molecule has 0 spiro atoms. The summed E-state index contributed by atoms with van der Waals surface area (Å²) in [6.07, 6.45) is 3.78. The fourth-order valence-electron chi connectivity index (χ4n) is 2.55. The third-order valence-corrected chi connectivity index (χ3v) is 3.97. The lowest BCUT2D eigenvalue weighted by Crippen LogP contribution is -2.40. The lowest BCUT2D eigenvalue weighted by Gasteiger charge is -2.15. The predicted molar refractivity (Wildman–Crippen MR) is 71.9 cm³/mol. The number of carboxylic acid groups (broad SMARTS) is 1. The van der Waals surface area contributed by atoms with Crippen LogP contribution in [-0.4, -0.2) is 46.4 Å². The minimum absolute atomic E-state index is 0.0612. The van der Waals surface area contributed by atoms with Gasteiger partial charge in [0, 0.05) is 12.5 Å². The minimum Gasteiger partial charge on any atom is -0.481 e. The highest BCUT2D eigenvalue weighted by molar-refractivity contribution is 6.06. The number of likely N-dealkylation sites (tertiary alicyclic amines) is 1. The summed E-state index contributed by atoms with van der Waals surface area (Å²) in [7, 11) is 0. The predicted octanol–water partition coefficient (Wildman–Crippen LogP) is 0.757. The van der Waals surface area contributed by atoms with Crippen LogP contribution in [0.5, 0.6) is 0 Å². The van der Waals surface area contributed by atoms with Crippen LogP contribution in [0.1, 0.15) is 45.4 Å². The van der Waals surface area contributed by atoms with Crippen molar-refractivity contribution in [1.82, 2.24) is 10.2 Å². The summed E-state index contributed by atoms with van der Waals surface area (Å²) in [6.45, 7) is 2.64. The third-order valence-electron chi connectivity index (χ3n) is 3.97. The molecule has 1 aliphatic heterocycles. The van der Waals surface area contributed by atoms with Crippen molar-refractivity contribution in [3.63, 3.8) is 0 Å². The van der Waals surface area contributed by atoms with E-state index >= 15 is 0 Å². The van der Waals surface area contributed by atoms with Gasteiger partial charge in [0.25, 0.3) is 0 Å². The number of carbonyl (C=O) groups is 3. The van der Waals surface area contributed by atoms with E-state index < -0.39 is 5.97 Å². The van der Waals surface area contributed by atoms with Crippen LogP contribution >= 0.6 is 0 Å². The van der Waals surface area contributed by atoms with Crippen molar-refractivity contribution in [2.75, 3.05) is 6.54 Å². The molecule has 2 fully saturated rings. The number of carbonyl (C=O) groups excluding carboxylic acids is 2. The highest BCUT2D eigenvalue weighted by atomic mass is 16.4. The van der Waals surface area contributed by atoms with Crippen LogP contribution in [0.2, 0.25) is 0 Å². The van der Waals surface area contributed by atoms with E-state index in [0.29, 0.717) is 18.9 Å². The molecular formula is C14H22N2O4. The zero-order chi connectivity index (χ0) is 14.7. The van der Waals surface area contributed by atoms with Gasteiger partial charge in [0.1, 0.15) is 0 Å². The van der Waals surface area contributed by atoms with E-state index in [4.69, 9.17) is 5.11 Å². The Morgan fingerprint density at radius 3 is 2.70 bits per heavy atom. The maximum Gasteiger partial charge on any atom is 0.303 e. The molecule has 2 atom stereocenters. The Labute approximate surface area is 118 Å². The maximum atomic E-state index is 12.1. The van der Waals surface area contributed by atoms with E-state index in [0.717, 1.165) is 19.3 Å². The molecule has 1 saturated carbocycles. The molecule has 0 bridgehead atoms.